The Kier molecular flexibility index (Phi) is 6.60. The molecule has 1 unspecified atom stereocenters. The molecule has 0 radical (unpaired) electrons. The van der Waals surface area contributed by atoms with E-state index in [4.69, 9.17) is 4.52 Å². The van der Waals surface area contributed by atoms with Crippen molar-refractivity contribution in [1.82, 2.24) is 30.0 Å². The number of nitrogens with zero attached hydrogens (tertiary/aromatic N) is 5. The largest absolute Gasteiger partial charge is 0.344 e. The van der Waals surface area contributed by atoms with Crippen LogP contribution in [0.3, 0.4) is 0 Å². The number of halogens is 3. The number of carbonyl (C=O) groups is 1. The van der Waals surface area contributed by atoms with Gasteiger partial charge in [0.25, 0.3) is 0 Å². The summed E-state index contributed by atoms with van der Waals surface area (Å²) in [4.78, 5) is 20.9. The third kappa shape index (κ3) is 4.69. The van der Waals surface area contributed by atoms with Crippen molar-refractivity contribution in [2.75, 3.05) is 0 Å². The van der Waals surface area contributed by atoms with Crippen LogP contribution in [0, 0.1) is 5.82 Å². The topological polar surface area (TPSA) is 98.7 Å². The van der Waals surface area contributed by atoms with Gasteiger partial charge < -0.3 is 9.84 Å². The van der Waals surface area contributed by atoms with Crippen LogP contribution < -0.4 is 5.32 Å². The van der Waals surface area contributed by atoms with Gasteiger partial charge in [0, 0.05) is 39.1 Å². The molecular formula is C20H18BrFIN6O2P. The number of pyridine rings is 1. The predicted molar refractivity (Wildman–Crippen MR) is 133 cm³/mol. The number of rotatable bonds is 5. The summed E-state index contributed by atoms with van der Waals surface area (Å²) < 4.78 is 22.5. The number of nitrogens with one attached hydrogen (secondary N) is 1. The summed E-state index contributed by atoms with van der Waals surface area (Å²) in [7, 11) is 0. The first kappa shape index (κ1) is 23.2. The lowest BCUT2D eigenvalue weighted by Gasteiger charge is -2.10. The van der Waals surface area contributed by atoms with E-state index in [0.717, 1.165) is 15.5 Å². The second kappa shape index (κ2) is 9.11. The van der Waals surface area contributed by atoms with Crippen LogP contribution in [0.2, 0.25) is 0 Å². The Morgan fingerprint density at radius 1 is 1.34 bits per heavy atom. The van der Waals surface area contributed by atoms with Gasteiger partial charge >= 0.3 is 11.8 Å². The molecule has 32 heavy (non-hydrogen) atoms. The molecule has 0 aliphatic rings. The maximum absolute atomic E-state index is 14.9. The summed E-state index contributed by atoms with van der Waals surface area (Å²) >= 11 is 5.66. The number of hydrogen-bond acceptors (Lipinski definition) is 6. The van der Waals surface area contributed by atoms with Gasteiger partial charge in [0.05, 0.1) is 6.37 Å². The first-order valence-corrected chi connectivity index (χ1v) is 14.3. The molecule has 0 bridgehead atoms. The molecule has 1 amide bonds. The van der Waals surface area contributed by atoms with Crippen molar-refractivity contribution >= 4 is 61.3 Å². The van der Waals surface area contributed by atoms with Crippen LogP contribution in [-0.4, -0.2) is 30.6 Å². The van der Waals surface area contributed by atoms with Crippen LogP contribution in [-0.2, 0) is 12.0 Å². The lowest BCUT2D eigenvalue weighted by atomic mass is 9.96. The van der Waals surface area contributed by atoms with Crippen molar-refractivity contribution in [3.8, 4) is 11.3 Å². The zero-order valence-electron chi connectivity index (χ0n) is 17.3. The number of benzene rings is 1. The van der Waals surface area contributed by atoms with E-state index in [1.54, 1.807) is 22.8 Å². The fourth-order valence-corrected chi connectivity index (χ4v) is 4.69. The quantitative estimate of drug-likeness (QED) is 0.234. The van der Waals surface area contributed by atoms with Crippen LogP contribution in [0.5, 0.6) is 0 Å². The summed E-state index contributed by atoms with van der Waals surface area (Å²) in [6.07, 6.45) is 2.07. The number of fused-ring (bicyclic) bond motifs is 1. The van der Waals surface area contributed by atoms with E-state index >= 15 is 0 Å². The maximum Gasteiger partial charge on any atom is 0.315 e. The third-order valence-corrected chi connectivity index (χ3v) is 6.90. The molecule has 166 valence electrons. The molecule has 0 spiro atoms. The second-order valence-corrected chi connectivity index (χ2v) is 11.0. The second-order valence-electron chi connectivity index (χ2n) is 8.03. The van der Waals surface area contributed by atoms with Gasteiger partial charge in [-0.1, -0.05) is 38.1 Å². The molecule has 1 N–H and O–H groups in total. The van der Waals surface area contributed by atoms with E-state index in [0.29, 0.717) is 29.0 Å². The van der Waals surface area contributed by atoms with Crippen LogP contribution in [0.25, 0.3) is 22.3 Å². The minimum atomic E-state index is -0.555. The van der Waals surface area contributed by atoms with Crippen LogP contribution >= 0.6 is 44.3 Å². The first-order chi connectivity index (χ1) is 15.2. The molecule has 0 aliphatic heterocycles. The summed E-state index contributed by atoms with van der Waals surface area (Å²) in [6, 6.07) is 6.73. The van der Waals surface area contributed by atoms with Crippen molar-refractivity contribution in [1.29, 1.82) is 0 Å². The standard InChI is InChI=1S/C20H18BrFIN6O2P/c1-20(2,3)19-26-18(31-28-19)17(30)25-8-11-5-4-10(6-14(11)22)15-13-7-12(21)9-24-16(13)29(27-15)32-23/h4-7,9,32H,8H2,1-3H3,(H,25,30). The van der Waals surface area contributed by atoms with Crippen molar-refractivity contribution in [3.63, 3.8) is 0 Å². The minimum absolute atomic E-state index is 0.0183. The van der Waals surface area contributed by atoms with Gasteiger partial charge in [-0.25, -0.2) is 13.8 Å². The Labute approximate surface area is 206 Å². The van der Waals surface area contributed by atoms with E-state index in [2.05, 4.69) is 63.5 Å². The van der Waals surface area contributed by atoms with Crippen LogP contribution in [0.1, 0.15) is 42.8 Å². The Morgan fingerprint density at radius 2 is 2.12 bits per heavy atom. The fraction of sp³-hybridized carbons (Fsp3) is 0.250. The fourth-order valence-electron chi connectivity index (χ4n) is 2.96. The number of hydrogen-bond donors (Lipinski definition) is 1. The van der Waals surface area contributed by atoms with E-state index in [9.17, 15) is 9.18 Å². The smallest absolute Gasteiger partial charge is 0.315 e. The number of amides is 1. The highest BCUT2D eigenvalue weighted by molar-refractivity contribution is 14.2. The van der Waals surface area contributed by atoms with Gasteiger partial charge in [0.2, 0.25) is 0 Å². The van der Waals surface area contributed by atoms with E-state index in [-0.39, 0.29) is 17.9 Å². The van der Waals surface area contributed by atoms with Crippen molar-refractivity contribution in [3.05, 3.63) is 58.0 Å². The molecule has 0 aliphatic carbocycles. The summed E-state index contributed by atoms with van der Waals surface area (Å²) in [5, 5.41) is 11.9. The molecule has 12 heteroatoms. The van der Waals surface area contributed by atoms with Gasteiger partial charge in [0.1, 0.15) is 11.5 Å². The average molecular weight is 631 g/mol. The minimum Gasteiger partial charge on any atom is -0.344 e. The van der Waals surface area contributed by atoms with Crippen LogP contribution in [0.15, 0.2) is 39.5 Å². The Bertz CT molecular complexity index is 1320. The highest BCUT2D eigenvalue weighted by Gasteiger charge is 2.24. The lowest BCUT2D eigenvalue weighted by Crippen LogP contribution is -2.24. The van der Waals surface area contributed by atoms with Crippen LogP contribution in [0.4, 0.5) is 4.39 Å². The molecule has 4 rings (SSSR count). The molecule has 8 nitrogen and oxygen atoms in total. The molecular weight excluding hydrogens is 613 g/mol. The molecule has 1 aromatic carbocycles. The first-order valence-electron chi connectivity index (χ1n) is 9.49. The van der Waals surface area contributed by atoms with E-state index < -0.39 is 11.7 Å². The maximum atomic E-state index is 14.9. The zero-order valence-corrected chi connectivity index (χ0v) is 22.0. The van der Waals surface area contributed by atoms with Gasteiger partial charge in [-0.05, 0) is 50.1 Å². The van der Waals surface area contributed by atoms with E-state index in [1.807, 2.05) is 26.8 Å². The molecule has 0 saturated carbocycles. The third-order valence-electron chi connectivity index (χ3n) is 4.63. The number of carbonyl (C=O) groups excluding carboxylic acids is 1. The monoisotopic (exact) mass is 630 g/mol. The summed E-state index contributed by atoms with van der Waals surface area (Å²) in [6.45, 7) is 5.73. The lowest BCUT2D eigenvalue weighted by molar-refractivity contribution is 0.0906. The van der Waals surface area contributed by atoms with Crippen molar-refractivity contribution in [2.24, 2.45) is 0 Å². The average Bonchev–Trinajstić information content (AvgIpc) is 3.37. The van der Waals surface area contributed by atoms with Gasteiger partial charge in [-0.2, -0.15) is 10.1 Å². The number of aromatic nitrogens is 5. The summed E-state index contributed by atoms with van der Waals surface area (Å²) in [5.41, 5.74) is 2.00. The van der Waals surface area contributed by atoms with Crippen molar-refractivity contribution in [2.45, 2.75) is 32.7 Å². The molecule has 4 aromatic rings. The predicted octanol–water partition coefficient (Wildman–Crippen LogP) is 5.40. The Balaban J connectivity index is 1.54. The normalized spacial score (nSPS) is 12.2. The van der Waals surface area contributed by atoms with Gasteiger partial charge in [-0.15, -0.1) is 0 Å². The highest BCUT2D eigenvalue weighted by atomic mass is 127. The zero-order chi connectivity index (χ0) is 23.0. The molecule has 0 saturated heterocycles. The highest BCUT2D eigenvalue weighted by Crippen LogP contribution is 2.35. The SMILES string of the molecule is CC(C)(C)c1noc(C(=O)NCc2ccc(-c3nn(PI)c4ncc(Br)cc34)cc2F)n1. The molecule has 1 atom stereocenters. The van der Waals surface area contributed by atoms with Gasteiger partial charge in [-0.3, -0.25) is 4.79 Å². The van der Waals surface area contributed by atoms with Gasteiger partial charge in [0.15, 0.2) is 11.5 Å². The molecule has 3 aromatic heterocycles. The Morgan fingerprint density at radius 3 is 2.78 bits per heavy atom. The molecule has 0 fully saturated rings. The van der Waals surface area contributed by atoms with E-state index in [1.165, 1.54) is 6.07 Å². The van der Waals surface area contributed by atoms with Crippen molar-refractivity contribution < 1.29 is 13.7 Å². The molecule has 3 heterocycles. The summed E-state index contributed by atoms with van der Waals surface area (Å²) in [5.74, 6) is -0.730. The Hall–Kier alpha value is -1.98.